The van der Waals surface area contributed by atoms with Crippen LogP contribution < -0.4 is 0 Å². The number of likely N-dealkylation sites (tertiary alicyclic amines) is 1. The van der Waals surface area contributed by atoms with E-state index in [4.69, 9.17) is 16.7 Å². The standard InChI is InChI=1S/C20H22N4O3S2/c1-13-5-2-3-7-15(13)19-21-16(27-22-19)9-14-6-4-8-23(10-14)17(25)11-24-18(26)12-29-20(24)28/h2-3,5,7,14H,4,6,8-12H2,1H3. The van der Waals surface area contributed by atoms with E-state index in [-0.39, 0.29) is 24.3 Å². The highest BCUT2D eigenvalue weighted by Gasteiger charge is 2.32. The number of nitrogens with zero attached hydrogens (tertiary/aromatic N) is 4. The largest absolute Gasteiger partial charge is 0.341 e. The fourth-order valence-corrected chi connectivity index (χ4v) is 4.81. The van der Waals surface area contributed by atoms with Crippen LogP contribution in [-0.4, -0.2) is 61.5 Å². The van der Waals surface area contributed by atoms with E-state index in [9.17, 15) is 9.59 Å². The van der Waals surface area contributed by atoms with E-state index in [0.29, 0.717) is 41.3 Å². The zero-order valence-corrected chi connectivity index (χ0v) is 17.8. The molecule has 0 saturated carbocycles. The van der Waals surface area contributed by atoms with E-state index < -0.39 is 0 Å². The number of amides is 2. The Bertz CT molecular complexity index is 929. The maximum Gasteiger partial charge on any atom is 0.242 e. The summed E-state index contributed by atoms with van der Waals surface area (Å²) in [5, 5.41) is 4.12. The second-order valence-electron chi connectivity index (χ2n) is 7.41. The van der Waals surface area contributed by atoms with Crippen LogP contribution in [0.3, 0.4) is 0 Å². The Balaban J connectivity index is 1.37. The highest BCUT2D eigenvalue weighted by molar-refractivity contribution is 8.23. The van der Waals surface area contributed by atoms with Gasteiger partial charge in [0.05, 0.1) is 5.75 Å². The molecule has 2 aliphatic heterocycles. The molecule has 4 rings (SSSR count). The molecule has 0 N–H and O–H groups in total. The lowest BCUT2D eigenvalue weighted by molar-refractivity contribution is -0.137. The highest BCUT2D eigenvalue weighted by Crippen LogP contribution is 2.25. The van der Waals surface area contributed by atoms with Crippen molar-refractivity contribution in [2.75, 3.05) is 25.4 Å². The molecule has 9 heteroatoms. The van der Waals surface area contributed by atoms with Gasteiger partial charge in [0.15, 0.2) is 0 Å². The van der Waals surface area contributed by atoms with Crippen molar-refractivity contribution in [3.8, 4) is 11.4 Å². The summed E-state index contributed by atoms with van der Waals surface area (Å²) in [6.45, 7) is 3.39. The second kappa shape index (κ2) is 8.62. The van der Waals surface area contributed by atoms with E-state index in [1.54, 1.807) is 0 Å². The number of aryl methyl sites for hydroxylation is 1. The molecule has 2 fully saturated rings. The normalized spacial score (nSPS) is 19.8. The lowest BCUT2D eigenvalue weighted by Crippen LogP contribution is -2.46. The van der Waals surface area contributed by atoms with Gasteiger partial charge < -0.3 is 9.42 Å². The van der Waals surface area contributed by atoms with E-state index in [1.165, 1.54) is 16.7 Å². The van der Waals surface area contributed by atoms with Gasteiger partial charge in [-0.3, -0.25) is 14.5 Å². The smallest absolute Gasteiger partial charge is 0.242 e. The zero-order chi connectivity index (χ0) is 20.4. The van der Waals surface area contributed by atoms with Crippen LogP contribution in [0.4, 0.5) is 0 Å². The van der Waals surface area contributed by atoms with Gasteiger partial charge in [-0.25, -0.2) is 0 Å². The predicted molar refractivity (Wildman–Crippen MR) is 114 cm³/mol. The number of thiocarbonyl (C=S) groups is 1. The van der Waals surface area contributed by atoms with Crippen molar-refractivity contribution in [1.29, 1.82) is 0 Å². The van der Waals surface area contributed by atoms with E-state index >= 15 is 0 Å². The maximum absolute atomic E-state index is 12.7. The molecule has 1 aromatic heterocycles. The average Bonchev–Trinajstić information content (AvgIpc) is 3.30. The molecule has 1 unspecified atom stereocenters. The predicted octanol–water partition coefficient (Wildman–Crippen LogP) is 2.69. The molecule has 3 heterocycles. The second-order valence-corrected chi connectivity index (χ2v) is 9.02. The minimum absolute atomic E-state index is 0.0371. The van der Waals surface area contributed by atoms with E-state index in [0.717, 1.165) is 24.0 Å². The summed E-state index contributed by atoms with van der Waals surface area (Å²) in [4.78, 5) is 32.3. The molecule has 2 aliphatic rings. The van der Waals surface area contributed by atoms with Crippen molar-refractivity contribution in [3.63, 3.8) is 0 Å². The molecule has 2 aromatic rings. The fraction of sp³-hybridized carbons (Fsp3) is 0.450. The third-order valence-electron chi connectivity index (χ3n) is 5.32. The Morgan fingerprint density at radius 2 is 2.21 bits per heavy atom. The molecule has 29 heavy (non-hydrogen) atoms. The van der Waals surface area contributed by atoms with Gasteiger partial charge in [-0.15, -0.1) is 0 Å². The van der Waals surface area contributed by atoms with Crippen molar-refractivity contribution in [3.05, 3.63) is 35.7 Å². The monoisotopic (exact) mass is 430 g/mol. The van der Waals surface area contributed by atoms with Crippen molar-refractivity contribution < 1.29 is 14.1 Å². The number of carbonyl (C=O) groups is 2. The summed E-state index contributed by atoms with van der Waals surface area (Å²) in [6.07, 6.45) is 2.56. The van der Waals surface area contributed by atoms with Gasteiger partial charge >= 0.3 is 0 Å². The van der Waals surface area contributed by atoms with Crippen molar-refractivity contribution in [2.45, 2.75) is 26.2 Å². The lowest BCUT2D eigenvalue weighted by Gasteiger charge is -2.33. The third-order valence-corrected chi connectivity index (χ3v) is 6.76. The van der Waals surface area contributed by atoms with Gasteiger partial charge in [0.1, 0.15) is 10.9 Å². The first-order valence-electron chi connectivity index (χ1n) is 9.64. The number of benzene rings is 1. The number of hydrogen-bond acceptors (Lipinski definition) is 7. The minimum Gasteiger partial charge on any atom is -0.341 e. The Labute approximate surface area is 178 Å². The van der Waals surface area contributed by atoms with Crippen LogP contribution in [0.1, 0.15) is 24.3 Å². The van der Waals surface area contributed by atoms with Crippen LogP contribution >= 0.6 is 24.0 Å². The average molecular weight is 431 g/mol. The summed E-state index contributed by atoms with van der Waals surface area (Å²) >= 11 is 6.48. The van der Waals surface area contributed by atoms with Crippen molar-refractivity contribution in [1.82, 2.24) is 19.9 Å². The quantitative estimate of drug-likeness (QED) is 0.675. The minimum atomic E-state index is -0.0866. The maximum atomic E-state index is 12.7. The summed E-state index contributed by atoms with van der Waals surface area (Å²) in [6, 6.07) is 7.94. The fourth-order valence-electron chi connectivity index (χ4n) is 3.75. The molecule has 0 bridgehead atoms. The first-order valence-corrected chi connectivity index (χ1v) is 11.0. The topological polar surface area (TPSA) is 79.5 Å². The first kappa shape index (κ1) is 20.0. The molecular formula is C20H22N4O3S2. The summed E-state index contributed by atoms with van der Waals surface area (Å²) in [5.41, 5.74) is 2.06. The summed E-state index contributed by atoms with van der Waals surface area (Å²) in [7, 11) is 0. The number of rotatable bonds is 5. The van der Waals surface area contributed by atoms with Gasteiger partial charge in [0.25, 0.3) is 0 Å². The van der Waals surface area contributed by atoms with Gasteiger partial charge in [-0.2, -0.15) is 4.98 Å². The van der Waals surface area contributed by atoms with Crippen LogP contribution in [0, 0.1) is 12.8 Å². The Kier molecular flexibility index (Phi) is 5.96. The summed E-state index contributed by atoms with van der Waals surface area (Å²) < 4.78 is 5.96. The Hall–Kier alpha value is -2.26. The van der Waals surface area contributed by atoms with Crippen molar-refractivity contribution >= 4 is 40.1 Å². The SMILES string of the molecule is Cc1ccccc1-c1noc(CC2CCCN(C(=O)CN3C(=O)CSC3=S)C2)n1. The molecule has 152 valence electrons. The summed E-state index contributed by atoms with van der Waals surface area (Å²) in [5.74, 6) is 1.63. The molecule has 1 aromatic carbocycles. The molecule has 0 spiro atoms. The first-order chi connectivity index (χ1) is 14.0. The van der Waals surface area contributed by atoms with Crippen LogP contribution in [0.15, 0.2) is 28.8 Å². The number of thioether (sulfide) groups is 1. The van der Waals surface area contributed by atoms with Crippen LogP contribution in [0.5, 0.6) is 0 Å². The van der Waals surface area contributed by atoms with Gasteiger partial charge in [-0.1, -0.05) is 53.4 Å². The molecule has 2 saturated heterocycles. The zero-order valence-electron chi connectivity index (χ0n) is 16.2. The van der Waals surface area contributed by atoms with Gasteiger partial charge in [0.2, 0.25) is 23.5 Å². The van der Waals surface area contributed by atoms with Crippen LogP contribution in [0.2, 0.25) is 0 Å². The molecule has 7 nitrogen and oxygen atoms in total. The Morgan fingerprint density at radius 3 is 2.97 bits per heavy atom. The van der Waals surface area contributed by atoms with Crippen molar-refractivity contribution in [2.24, 2.45) is 5.92 Å². The number of carbonyl (C=O) groups excluding carboxylic acids is 2. The van der Waals surface area contributed by atoms with Crippen LogP contribution in [-0.2, 0) is 16.0 Å². The van der Waals surface area contributed by atoms with E-state index in [1.807, 2.05) is 36.1 Å². The van der Waals surface area contributed by atoms with Crippen LogP contribution in [0.25, 0.3) is 11.4 Å². The Morgan fingerprint density at radius 1 is 1.38 bits per heavy atom. The van der Waals surface area contributed by atoms with Gasteiger partial charge in [0, 0.05) is 25.1 Å². The van der Waals surface area contributed by atoms with Gasteiger partial charge in [-0.05, 0) is 31.2 Å². The third kappa shape index (κ3) is 4.51. The molecule has 2 amide bonds. The molecular weight excluding hydrogens is 408 g/mol. The highest BCUT2D eigenvalue weighted by atomic mass is 32.2. The number of hydrogen-bond donors (Lipinski definition) is 0. The molecule has 1 atom stereocenters. The number of aromatic nitrogens is 2. The lowest BCUT2D eigenvalue weighted by atomic mass is 9.94. The van der Waals surface area contributed by atoms with E-state index in [2.05, 4.69) is 10.1 Å². The number of piperidine rings is 1. The molecule has 0 aliphatic carbocycles. The molecule has 0 radical (unpaired) electrons.